The lowest BCUT2D eigenvalue weighted by Crippen LogP contribution is -2.52. The van der Waals surface area contributed by atoms with Gasteiger partial charge in [-0.1, -0.05) is 57.0 Å². The van der Waals surface area contributed by atoms with Gasteiger partial charge < -0.3 is 10.6 Å². The molecule has 3 heteroatoms. The molecule has 1 aromatic carbocycles. The number of amides is 1. The van der Waals surface area contributed by atoms with Crippen LogP contribution in [0.25, 0.3) is 0 Å². The molecule has 20 heavy (non-hydrogen) atoms. The fourth-order valence-corrected chi connectivity index (χ4v) is 2.45. The first-order valence-corrected chi connectivity index (χ1v) is 7.61. The molecule has 0 spiro atoms. The molecular weight excluding hydrogens is 248 g/mol. The molecule has 0 radical (unpaired) electrons. The average molecular weight is 276 g/mol. The van der Waals surface area contributed by atoms with Gasteiger partial charge in [-0.2, -0.15) is 0 Å². The summed E-state index contributed by atoms with van der Waals surface area (Å²) < 4.78 is 0. The summed E-state index contributed by atoms with van der Waals surface area (Å²) in [5, 5.41) is 0. The summed E-state index contributed by atoms with van der Waals surface area (Å²) in [7, 11) is 0. The zero-order valence-electron chi connectivity index (χ0n) is 13.2. The second-order valence-corrected chi connectivity index (χ2v) is 5.59. The smallest absolute Gasteiger partial charge is 0.246 e. The summed E-state index contributed by atoms with van der Waals surface area (Å²) in [6.45, 7) is 9.66. The molecule has 0 bridgehead atoms. The van der Waals surface area contributed by atoms with Crippen LogP contribution in [0.4, 0.5) is 0 Å². The molecule has 112 valence electrons. The summed E-state index contributed by atoms with van der Waals surface area (Å²) in [6, 6.07) is 9.62. The number of carbonyl (C=O) groups is 1. The first-order valence-electron chi connectivity index (χ1n) is 7.61. The Balaban J connectivity index is 2.90. The van der Waals surface area contributed by atoms with Gasteiger partial charge in [-0.15, -0.1) is 0 Å². The fourth-order valence-electron chi connectivity index (χ4n) is 2.45. The van der Waals surface area contributed by atoms with Crippen LogP contribution in [0, 0.1) is 5.92 Å². The SMILES string of the molecule is CCC(CC)CN(CC)C(=O)C(C)(N)c1ccccc1. The lowest BCUT2D eigenvalue weighted by atomic mass is 9.91. The van der Waals surface area contributed by atoms with Crippen LogP contribution < -0.4 is 5.73 Å². The molecular formula is C17H28N2O. The van der Waals surface area contributed by atoms with Crippen molar-refractivity contribution in [2.45, 2.75) is 46.1 Å². The van der Waals surface area contributed by atoms with Crippen LogP contribution >= 0.6 is 0 Å². The minimum atomic E-state index is -0.955. The zero-order valence-corrected chi connectivity index (χ0v) is 13.2. The van der Waals surface area contributed by atoms with Gasteiger partial charge in [0.15, 0.2) is 0 Å². The molecule has 1 atom stereocenters. The Morgan fingerprint density at radius 3 is 2.20 bits per heavy atom. The molecule has 0 fully saturated rings. The molecule has 0 aromatic heterocycles. The van der Waals surface area contributed by atoms with Crippen molar-refractivity contribution in [2.24, 2.45) is 11.7 Å². The third kappa shape index (κ3) is 3.83. The van der Waals surface area contributed by atoms with E-state index in [4.69, 9.17) is 5.73 Å². The first-order chi connectivity index (χ1) is 9.47. The fraction of sp³-hybridized carbons (Fsp3) is 0.588. The predicted octanol–water partition coefficient (Wildman–Crippen LogP) is 3.15. The van der Waals surface area contributed by atoms with Crippen molar-refractivity contribution in [3.63, 3.8) is 0 Å². The minimum absolute atomic E-state index is 0.0121. The van der Waals surface area contributed by atoms with E-state index in [0.717, 1.165) is 24.9 Å². The van der Waals surface area contributed by atoms with Crippen LogP contribution in [0.3, 0.4) is 0 Å². The Labute approximate surface area is 123 Å². The third-order valence-electron chi connectivity index (χ3n) is 4.12. The molecule has 1 unspecified atom stereocenters. The van der Waals surface area contributed by atoms with Crippen molar-refractivity contribution < 1.29 is 4.79 Å². The lowest BCUT2D eigenvalue weighted by Gasteiger charge is -2.33. The second-order valence-electron chi connectivity index (χ2n) is 5.59. The summed E-state index contributed by atoms with van der Waals surface area (Å²) >= 11 is 0. The third-order valence-corrected chi connectivity index (χ3v) is 4.12. The van der Waals surface area contributed by atoms with Gasteiger partial charge in [-0.25, -0.2) is 0 Å². The van der Waals surface area contributed by atoms with Crippen LogP contribution in [0.1, 0.15) is 46.1 Å². The highest BCUT2D eigenvalue weighted by Gasteiger charge is 2.34. The number of rotatable bonds is 7. The van der Waals surface area contributed by atoms with Crippen LogP contribution in [0.5, 0.6) is 0 Å². The van der Waals surface area contributed by atoms with E-state index in [1.807, 2.05) is 42.2 Å². The number of nitrogens with two attached hydrogens (primary N) is 1. The molecule has 3 nitrogen and oxygen atoms in total. The second kappa shape index (κ2) is 7.44. The van der Waals surface area contributed by atoms with Gasteiger partial charge >= 0.3 is 0 Å². The molecule has 0 aliphatic carbocycles. The highest BCUT2D eigenvalue weighted by molar-refractivity contribution is 5.87. The Morgan fingerprint density at radius 2 is 1.75 bits per heavy atom. The Bertz CT molecular complexity index is 410. The standard InChI is InChI=1S/C17H28N2O/c1-5-14(6-2)13-19(7-3)16(20)17(4,18)15-11-9-8-10-12-15/h8-12,14H,5-7,13,18H2,1-4H3. The molecule has 0 aliphatic rings. The average Bonchev–Trinajstić information content (AvgIpc) is 2.49. The Kier molecular flexibility index (Phi) is 6.21. The van der Waals surface area contributed by atoms with Crippen molar-refractivity contribution in [1.82, 2.24) is 4.90 Å². The van der Waals surface area contributed by atoms with Crippen molar-refractivity contribution >= 4 is 5.91 Å². The summed E-state index contributed by atoms with van der Waals surface area (Å²) in [5.74, 6) is 0.559. The predicted molar refractivity (Wildman–Crippen MR) is 84.3 cm³/mol. The van der Waals surface area contributed by atoms with Crippen molar-refractivity contribution in [3.05, 3.63) is 35.9 Å². The number of benzene rings is 1. The van der Waals surface area contributed by atoms with Gasteiger partial charge in [-0.05, 0) is 25.3 Å². The topological polar surface area (TPSA) is 46.3 Å². The van der Waals surface area contributed by atoms with E-state index in [1.54, 1.807) is 6.92 Å². The number of likely N-dealkylation sites (N-methyl/N-ethyl adjacent to an activating group) is 1. The van der Waals surface area contributed by atoms with E-state index in [-0.39, 0.29) is 5.91 Å². The highest BCUT2D eigenvalue weighted by Crippen LogP contribution is 2.21. The van der Waals surface area contributed by atoms with E-state index >= 15 is 0 Å². The molecule has 1 amide bonds. The molecule has 0 saturated carbocycles. The number of nitrogens with zero attached hydrogens (tertiary/aromatic N) is 1. The minimum Gasteiger partial charge on any atom is -0.341 e. The maximum atomic E-state index is 12.8. The molecule has 0 heterocycles. The largest absolute Gasteiger partial charge is 0.341 e. The molecule has 0 saturated heterocycles. The maximum Gasteiger partial charge on any atom is 0.246 e. The van der Waals surface area contributed by atoms with E-state index in [1.165, 1.54) is 0 Å². The number of hydrogen-bond donors (Lipinski definition) is 1. The van der Waals surface area contributed by atoms with Gasteiger partial charge in [0, 0.05) is 13.1 Å². The highest BCUT2D eigenvalue weighted by atomic mass is 16.2. The van der Waals surface area contributed by atoms with E-state index in [0.29, 0.717) is 12.5 Å². The zero-order chi connectivity index (χ0) is 15.2. The Hall–Kier alpha value is -1.35. The molecule has 2 N–H and O–H groups in total. The molecule has 1 rings (SSSR count). The molecule has 1 aromatic rings. The van der Waals surface area contributed by atoms with Crippen LogP contribution in [0.2, 0.25) is 0 Å². The van der Waals surface area contributed by atoms with Crippen molar-refractivity contribution in [3.8, 4) is 0 Å². The van der Waals surface area contributed by atoms with E-state index in [2.05, 4.69) is 13.8 Å². The van der Waals surface area contributed by atoms with Crippen molar-refractivity contribution in [1.29, 1.82) is 0 Å². The van der Waals surface area contributed by atoms with Gasteiger partial charge in [0.1, 0.15) is 5.54 Å². The summed E-state index contributed by atoms with van der Waals surface area (Å²) in [4.78, 5) is 14.7. The summed E-state index contributed by atoms with van der Waals surface area (Å²) in [5.41, 5.74) is 6.24. The van der Waals surface area contributed by atoms with E-state index in [9.17, 15) is 4.79 Å². The maximum absolute atomic E-state index is 12.8. The van der Waals surface area contributed by atoms with Gasteiger partial charge in [0.05, 0.1) is 0 Å². The number of carbonyl (C=O) groups excluding carboxylic acids is 1. The van der Waals surface area contributed by atoms with Gasteiger partial charge in [-0.3, -0.25) is 4.79 Å². The van der Waals surface area contributed by atoms with E-state index < -0.39 is 5.54 Å². The Morgan fingerprint density at radius 1 is 1.20 bits per heavy atom. The molecule has 0 aliphatic heterocycles. The lowest BCUT2D eigenvalue weighted by molar-refractivity contribution is -0.137. The van der Waals surface area contributed by atoms with Crippen LogP contribution in [0.15, 0.2) is 30.3 Å². The number of hydrogen-bond acceptors (Lipinski definition) is 2. The van der Waals surface area contributed by atoms with Crippen LogP contribution in [-0.2, 0) is 10.3 Å². The monoisotopic (exact) mass is 276 g/mol. The normalized spacial score (nSPS) is 14.1. The van der Waals surface area contributed by atoms with Gasteiger partial charge in [0.25, 0.3) is 0 Å². The van der Waals surface area contributed by atoms with Gasteiger partial charge in [0.2, 0.25) is 5.91 Å². The van der Waals surface area contributed by atoms with Crippen molar-refractivity contribution in [2.75, 3.05) is 13.1 Å². The first kappa shape index (κ1) is 16.7. The quantitative estimate of drug-likeness (QED) is 0.831. The van der Waals surface area contributed by atoms with Crippen LogP contribution in [-0.4, -0.2) is 23.9 Å². The summed E-state index contributed by atoms with van der Waals surface area (Å²) in [6.07, 6.45) is 2.18.